The molecule has 1 amide bonds. The van der Waals surface area contributed by atoms with Crippen molar-refractivity contribution in [3.63, 3.8) is 0 Å². The molecule has 1 rings (SSSR count). The first-order valence-electron chi connectivity index (χ1n) is 8.91. The Kier molecular flexibility index (Phi) is 9.65. The maximum Gasteiger partial charge on any atom is 0.407 e. The molecule has 0 aromatic carbocycles. The summed E-state index contributed by atoms with van der Waals surface area (Å²) in [4.78, 5) is 34.8. The number of hydrogen-bond donors (Lipinski definition) is 1. The van der Waals surface area contributed by atoms with Crippen LogP contribution in [0.25, 0.3) is 0 Å². The third-order valence-electron chi connectivity index (χ3n) is 3.98. The standard InChI is InChI=1S/C18H29NO6/c1-4-23-16(20)10-11-17(21)24-12-15(13(2)3)19-18(22)25-14-8-6-5-7-9-14/h10-11,13-15H,4-9,12H2,1-3H3,(H,19,22)/b11-10+/t15-/m0/s1. The number of esters is 2. The molecule has 1 saturated carbocycles. The predicted octanol–water partition coefficient (Wildman–Crippen LogP) is 2.73. The molecular weight excluding hydrogens is 326 g/mol. The zero-order valence-electron chi connectivity index (χ0n) is 15.3. The Morgan fingerprint density at radius 1 is 1.04 bits per heavy atom. The monoisotopic (exact) mass is 355 g/mol. The summed E-state index contributed by atoms with van der Waals surface area (Å²) in [5, 5.41) is 2.75. The molecule has 7 nitrogen and oxygen atoms in total. The zero-order valence-corrected chi connectivity index (χ0v) is 15.3. The van der Waals surface area contributed by atoms with Crippen LogP contribution in [0, 0.1) is 5.92 Å². The molecule has 25 heavy (non-hydrogen) atoms. The van der Waals surface area contributed by atoms with Crippen LogP contribution < -0.4 is 5.32 Å². The number of carbonyl (C=O) groups excluding carboxylic acids is 3. The summed E-state index contributed by atoms with van der Waals surface area (Å²) >= 11 is 0. The fraction of sp³-hybridized carbons (Fsp3) is 0.722. The first kappa shape index (κ1) is 21.0. The van der Waals surface area contributed by atoms with Crippen molar-refractivity contribution in [1.29, 1.82) is 0 Å². The van der Waals surface area contributed by atoms with Crippen LogP contribution in [0.5, 0.6) is 0 Å². The van der Waals surface area contributed by atoms with Crippen molar-refractivity contribution in [2.75, 3.05) is 13.2 Å². The molecule has 0 aromatic heterocycles. The highest BCUT2D eigenvalue weighted by molar-refractivity contribution is 5.91. The molecule has 0 spiro atoms. The van der Waals surface area contributed by atoms with Crippen LogP contribution in [-0.2, 0) is 23.8 Å². The van der Waals surface area contributed by atoms with Gasteiger partial charge in [-0.2, -0.15) is 0 Å². The van der Waals surface area contributed by atoms with Crippen molar-refractivity contribution < 1.29 is 28.6 Å². The molecule has 1 aliphatic carbocycles. The van der Waals surface area contributed by atoms with Gasteiger partial charge in [0.1, 0.15) is 12.7 Å². The van der Waals surface area contributed by atoms with E-state index in [9.17, 15) is 14.4 Å². The Hall–Kier alpha value is -2.05. The minimum Gasteiger partial charge on any atom is -0.463 e. The van der Waals surface area contributed by atoms with Gasteiger partial charge in [-0.05, 0) is 38.5 Å². The molecule has 0 saturated heterocycles. The van der Waals surface area contributed by atoms with Crippen LogP contribution in [0.15, 0.2) is 12.2 Å². The first-order chi connectivity index (χ1) is 11.9. The van der Waals surface area contributed by atoms with Crippen molar-refractivity contribution in [3.05, 3.63) is 12.2 Å². The lowest BCUT2D eigenvalue weighted by Gasteiger charge is -2.25. The second-order valence-electron chi connectivity index (χ2n) is 6.38. The minimum atomic E-state index is -0.666. The number of amides is 1. The van der Waals surface area contributed by atoms with Crippen LogP contribution >= 0.6 is 0 Å². The molecular formula is C18H29NO6. The fourth-order valence-electron chi connectivity index (χ4n) is 2.47. The summed E-state index contributed by atoms with van der Waals surface area (Å²) < 4.78 is 15.2. The van der Waals surface area contributed by atoms with Crippen molar-refractivity contribution in [3.8, 4) is 0 Å². The van der Waals surface area contributed by atoms with Crippen LogP contribution in [0.1, 0.15) is 52.9 Å². The molecule has 0 bridgehead atoms. The number of rotatable bonds is 8. The second-order valence-corrected chi connectivity index (χ2v) is 6.38. The average Bonchev–Trinajstić information content (AvgIpc) is 2.57. The molecule has 0 radical (unpaired) electrons. The van der Waals surface area contributed by atoms with E-state index in [2.05, 4.69) is 10.1 Å². The highest BCUT2D eigenvalue weighted by Gasteiger charge is 2.22. The van der Waals surface area contributed by atoms with Crippen LogP contribution in [-0.4, -0.2) is 43.4 Å². The topological polar surface area (TPSA) is 90.9 Å². The maximum absolute atomic E-state index is 12.0. The number of ether oxygens (including phenoxy) is 3. The highest BCUT2D eigenvalue weighted by atomic mass is 16.6. The third kappa shape index (κ3) is 9.12. The van der Waals surface area contributed by atoms with E-state index in [-0.39, 0.29) is 31.3 Å². The van der Waals surface area contributed by atoms with Crippen molar-refractivity contribution in [2.24, 2.45) is 5.92 Å². The van der Waals surface area contributed by atoms with Gasteiger partial charge < -0.3 is 19.5 Å². The quantitative estimate of drug-likeness (QED) is 0.409. The van der Waals surface area contributed by atoms with Crippen LogP contribution in [0.2, 0.25) is 0 Å². The number of carbonyl (C=O) groups is 3. The second kappa shape index (κ2) is 11.5. The van der Waals surface area contributed by atoms with Crippen LogP contribution in [0.4, 0.5) is 4.79 Å². The van der Waals surface area contributed by atoms with E-state index >= 15 is 0 Å². The number of hydrogen-bond acceptors (Lipinski definition) is 6. The molecule has 1 fully saturated rings. The predicted molar refractivity (Wildman–Crippen MR) is 91.8 cm³/mol. The maximum atomic E-state index is 12.0. The van der Waals surface area contributed by atoms with E-state index in [1.165, 1.54) is 6.42 Å². The van der Waals surface area contributed by atoms with Gasteiger partial charge in [0.2, 0.25) is 0 Å². The summed E-state index contributed by atoms with van der Waals surface area (Å²) in [6.45, 7) is 5.74. The third-order valence-corrected chi connectivity index (χ3v) is 3.98. The van der Waals surface area contributed by atoms with Gasteiger partial charge in [-0.15, -0.1) is 0 Å². The van der Waals surface area contributed by atoms with Gasteiger partial charge in [0.05, 0.1) is 12.6 Å². The normalized spacial score (nSPS) is 16.5. The lowest BCUT2D eigenvalue weighted by atomic mass is 9.98. The van der Waals surface area contributed by atoms with Gasteiger partial charge in [0, 0.05) is 12.2 Å². The molecule has 1 atom stereocenters. The molecule has 0 unspecified atom stereocenters. The van der Waals surface area contributed by atoms with Gasteiger partial charge in [-0.1, -0.05) is 20.3 Å². The molecule has 142 valence electrons. The van der Waals surface area contributed by atoms with E-state index in [0.717, 1.165) is 37.8 Å². The summed E-state index contributed by atoms with van der Waals surface area (Å²) in [7, 11) is 0. The summed E-state index contributed by atoms with van der Waals surface area (Å²) in [6.07, 6.45) is 6.65. The Labute approximate surface area is 149 Å². The van der Waals surface area contributed by atoms with E-state index in [4.69, 9.17) is 9.47 Å². The van der Waals surface area contributed by atoms with Gasteiger partial charge in [0.25, 0.3) is 0 Å². The van der Waals surface area contributed by atoms with Crippen LogP contribution in [0.3, 0.4) is 0 Å². The largest absolute Gasteiger partial charge is 0.463 e. The molecule has 0 aromatic rings. The van der Waals surface area contributed by atoms with E-state index < -0.39 is 18.0 Å². The Morgan fingerprint density at radius 2 is 1.64 bits per heavy atom. The SMILES string of the molecule is CCOC(=O)/C=C/C(=O)OC[C@H](NC(=O)OC1CCCCC1)C(C)C. The summed E-state index contributed by atoms with van der Waals surface area (Å²) in [6, 6.07) is -0.365. The van der Waals surface area contributed by atoms with Gasteiger partial charge in [-0.25, -0.2) is 14.4 Å². The average molecular weight is 355 g/mol. The Balaban J connectivity index is 2.38. The van der Waals surface area contributed by atoms with E-state index in [0.29, 0.717) is 0 Å². The van der Waals surface area contributed by atoms with E-state index in [1.54, 1.807) is 6.92 Å². The lowest BCUT2D eigenvalue weighted by molar-refractivity contribution is -0.140. The molecule has 1 aliphatic rings. The van der Waals surface area contributed by atoms with Crippen molar-refractivity contribution in [2.45, 2.75) is 65.0 Å². The lowest BCUT2D eigenvalue weighted by Crippen LogP contribution is -2.43. The Bertz CT molecular complexity index is 468. The van der Waals surface area contributed by atoms with Crippen molar-refractivity contribution in [1.82, 2.24) is 5.32 Å². The fourth-order valence-corrected chi connectivity index (χ4v) is 2.47. The van der Waals surface area contributed by atoms with E-state index in [1.807, 2.05) is 13.8 Å². The zero-order chi connectivity index (χ0) is 18.7. The number of nitrogens with one attached hydrogen (secondary N) is 1. The molecule has 1 N–H and O–H groups in total. The minimum absolute atomic E-state index is 0.00340. The smallest absolute Gasteiger partial charge is 0.407 e. The summed E-state index contributed by atoms with van der Waals surface area (Å²) in [5.74, 6) is -1.21. The first-order valence-corrected chi connectivity index (χ1v) is 8.91. The molecule has 7 heteroatoms. The highest BCUT2D eigenvalue weighted by Crippen LogP contribution is 2.20. The van der Waals surface area contributed by atoms with Gasteiger partial charge in [0.15, 0.2) is 0 Å². The van der Waals surface area contributed by atoms with Gasteiger partial charge >= 0.3 is 18.0 Å². The van der Waals surface area contributed by atoms with Crippen molar-refractivity contribution >= 4 is 18.0 Å². The summed E-state index contributed by atoms with van der Waals surface area (Å²) in [5.41, 5.74) is 0. The number of alkyl carbamates (subject to hydrolysis) is 1. The Morgan fingerprint density at radius 3 is 2.20 bits per heavy atom. The molecule has 0 heterocycles. The molecule has 0 aliphatic heterocycles. The van der Waals surface area contributed by atoms with Gasteiger partial charge in [-0.3, -0.25) is 0 Å².